The summed E-state index contributed by atoms with van der Waals surface area (Å²) in [5, 5.41) is 0. The topological polar surface area (TPSA) is 35.5 Å². The molecule has 0 amide bonds. The van der Waals surface area contributed by atoms with Crippen LogP contribution in [0.3, 0.4) is 0 Å². The van der Waals surface area contributed by atoms with Gasteiger partial charge in [0.25, 0.3) is 0 Å². The molecule has 2 saturated carbocycles. The third kappa shape index (κ3) is 0.742. The summed E-state index contributed by atoms with van der Waals surface area (Å²) >= 11 is 0. The quantitative estimate of drug-likeness (QED) is 0.693. The highest BCUT2D eigenvalue weighted by Gasteiger charge is 2.80. The molecule has 84 valence electrons. The van der Waals surface area contributed by atoms with E-state index in [1.54, 1.807) is 0 Å². The summed E-state index contributed by atoms with van der Waals surface area (Å²) in [4.78, 5) is 12.5. The molecular weight excluding hydrogens is 192 g/mol. The Morgan fingerprint density at radius 3 is 2.80 bits per heavy atom. The average Bonchev–Trinajstić information content (AvgIpc) is 2.67. The van der Waals surface area contributed by atoms with Crippen molar-refractivity contribution in [3.05, 3.63) is 0 Å². The van der Waals surface area contributed by atoms with Crippen molar-refractivity contribution in [3.8, 4) is 0 Å². The number of hydrogen-bond donors (Lipinski definition) is 0. The highest BCUT2D eigenvalue weighted by Crippen LogP contribution is 2.68. The molecule has 3 fully saturated rings. The summed E-state index contributed by atoms with van der Waals surface area (Å²) < 4.78 is 11.7. The van der Waals surface area contributed by atoms with E-state index in [0.717, 1.165) is 12.8 Å². The molecule has 0 aromatic heterocycles. The molecule has 0 radical (unpaired) electrons. The van der Waals surface area contributed by atoms with Gasteiger partial charge in [-0.25, -0.2) is 0 Å². The van der Waals surface area contributed by atoms with Crippen molar-refractivity contribution in [1.29, 1.82) is 0 Å². The summed E-state index contributed by atoms with van der Waals surface area (Å²) in [6, 6.07) is 0. The van der Waals surface area contributed by atoms with Crippen LogP contribution in [0.25, 0.3) is 0 Å². The Hall–Kier alpha value is -0.410. The lowest BCUT2D eigenvalue weighted by molar-refractivity contribution is -0.173. The van der Waals surface area contributed by atoms with Crippen LogP contribution in [0.4, 0.5) is 0 Å². The van der Waals surface area contributed by atoms with Crippen LogP contribution in [0.5, 0.6) is 0 Å². The summed E-state index contributed by atoms with van der Waals surface area (Å²) in [6.07, 6.45) is 2.03. The largest absolute Gasteiger partial charge is 0.370 e. The molecule has 0 unspecified atom stereocenters. The predicted octanol–water partition coefficient (Wildman–Crippen LogP) is 1.55. The number of ketones is 1. The molecule has 4 bridgehead atoms. The van der Waals surface area contributed by atoms with Crippen LogP contribution < -0.4 is 0 Å². The van der Waals surface area contributed by atoms with Crippen LogP contribution in [0.1, 0.15) is 33.6 Å². The lowest BCUT2D eigenvalue weighted by atomic mass is 9.74. The number of Topliss-reactive ketones (excluding diaryl/α,β-unsaturated/α-hetero) is 1. The Morgan fingerprint density at radius 1 is 1.53 bits per heavy atom. The fourth-order valence-electron chi connectivity index (χ4n) is 4.13. The molecule has 3 aliphatic rings. The number of hydrogen-bond acceptors (Lipinski definition) is 3. The second kappa shape index (κ2) is 2.46. The van der Waals surface area contributed by atoms with E-state index in [4.69, 9.17) is 9.47 Å². The second-order valence-electron chi connectivity index (χ2n) is 5.47. The van der Waals surface area contributed by atoms with Gasteiger partial charge < -0.3 is 9.47 Å². The SMILES string of the molecule is CCO[C@@]12CO[C@@]3(C)[C@H]1CC[C@@]3(C)C2=O. The van der Waals surface area contributed by atoms with Gasteiger partial charge in [-0.2, -0.15) is 0 Å². The van der Waals surface area contributed by atoms with Crippen LogP contribution in [-0.4, -0.2) is 30.2 Å². The van der Waals surface area contributed by atoms with E-state index in [1.165, 1.54) is 0 Å². The summed E-state index contributed by atoms with van der Waals surface area (Å²) in [5.74, 6) is 0.573. The van der Waals surface area contributed by atoms with Crippen LogP contribution in [-0.2, 0) is 14.3 Å². The molecule has 2 aliphatic carbocycles. The van der Waals surface area contributed by atoms with Gasteiger partial charge in [-0.1, -0.05) is 0 Å². The lowest BCUT2D eigenvalue weighted by Crippen LogP contribution is -2.54. The van der Waals surface area contributed by atoms with Gasteiger partial charge >= 0.3 is 0 Å². The third-order valence-electron chi connectivity index (χ3n) is 5.13. The zero-order valence-electron chi connectivity index (χ0n) is 9.63. The van der Waals surface area contributed by atoms with Crippen molar-refractivity contribution in [1.82, 2.24) is 0 Å². The first kappa shape index (κ1) is 9.79. The van der Waals surface area contributed by atoms with Gasteiger partial charge in [-0.15, -0.1) is 0 Å². The van der Waals surface area contributed by atoms with Gasteiger partial charge in [0.1, 0.15) is 0 Å². The minimum atomic E-state index is -0.601. The minimum Gasteiger partial charge on any atom is -0.370 e. The van der Waals surface area contributed by atoms with Crippen LogP contribution in [0.15, 0.2) is 0 Å². The molecule has 0 aromatic carbocycles. The summed E-state index contributed by atoms with van der Waals surface area (Å²) in [7, 11) is 0. The maximum absolute atomic E-state index is 12.5. The van der Waals surface area contributed by atoms with E-state index in [2.05, 4.69) is 13.8 Å². The molecule has 3 rings (SSSR count). The van der Waals surface area contributed by atoms with E-state index >= 15 is 0 Å². The van der Waals surface area contributed by atoms with Gasteiger partial charge in [-0.3, -0.25) is 4.79 Å². The highest BCUT2D eigenvalue weighted by atomic mass is 16.6. The molecule has 3 heteroatoms. The van der Waals surface area contributed by atoms with Gasteiger partial charge in [-0.05, 0) is 33.6 Å². The van der Waals surface area contributed by atoms with E-state index in [9.17, 15) is 4.79 Å². The van der Waals surface area contributed by atoms with Gasteiger partial charge in [0.15, 0.2) is 11.4 Å². The first-order valence-corrected chi connectivity index (χ1v) is 5.84. The molecule has 0 spiro atoms. The van der Waals surface area contributed by atoms with Crippen molar-refractivity contribution >= 4 is 5.78 Å². The van der Waals surface area contributed by atoms with E-state index in [-0.39, 0.29) is 16.9 Å². The van der Waals surface area contributed by atoms with E-state index in [1.807, 2.05) is 6.92 Å². The Labute approximate surface area is 90.1 Å². The van der Waals surface area contributed by atoms with Crippen molar-refractivity contribution < 1.29 is 14.3 Å². The van der Waals surface area contributed by atoms with Crippen molar-refractivity contribution in [2.45, 2.75) is 44.8 Å². The monoisotopic (exact) mass is 210 g/mol. The maximum atomic E-state index is 12.5. The summed E-state index contributed by atoms with van der Waals surface area (Å²) in [5.41, 5.74) is -1.17. The minimum absolute atomic E-state index is 0.265. The van der Waals surface area contributed by atoms with E-state index in [0.29, 0.717) is 19.0 Å². The van der Waals surface area contributed by atoms with Crippen LogP contribution in [0, 0.1) is 11.3 Å². The van der Waals surface area contributed by atoms with Gasteiger partial charge in [0.05, 0.1) is 17.6 Å². The Bertz CT molecular complexity index is 336. The molecule has 0 N–H and O–H groups in total. The van der Waals surface area contributed by atoms with Crippen LogP contribution >= 0.6 is 0 Å². The normalized spacial score (nSPS) is 56.7. The number of carbonyl (C=O) groups excluding carboxylic acids is 1. The van der Waals surface area contributed by atoms with Gasteiger partial charge in [0.2, 0.25) is 0 Å². The van der Waals surface area contributed by atoms with Crippen molar-refractivity contribution in [3.63, 3.8) is 0 Å². The number of ether oxygens (including phenoxy) is 2. The van der Waals surface area contributed by atoms with Crippen molar-refractivity contribution in [2.75, 3.05) is 13.2 Å². The zero-order chi connectivity index (χ0) is 10.9. The summed E-state index contributed by atoms with van der Waals surface area (Å²) in [6.45, 7) is 7.16. The molecule has 1 aliphatic heterocycles. The Balaban J connectivity index is 2.12. The van der Waals surface area contributed by atoms with Gasteiger partial charge in [0, 0.05) is 12.5 Å². The average molecular weight is 210 g/mol. The molecule has 0 aromatic rings. The predicted molar refractivity (Wildman–Crippen MR) is 54.6 cm³/mol. The Morgan fingerprint density at radius 2 is 2.27 bits per heavy atom. The standard InChI is InChI=1S/C12H18O3/c1-4-14-12-7-15-11(3)8(12)5-6-10(11,2)9(12)13/h8H,4-7H2,1-3H3/t8-,10+,11+,12+/m1/s1. The Kier molecular flexibility index (Phi) is 1.61. The fourth-order valence-corrected chi connectivity index (χ4v) is 4.13. The molecule has 15 heavy (non-hydrogen) atoms. The molecule has 4 atom stereocenters. The molecule has 1 heterocycles. The zero-order valence-corrected chi connectivity index (χ0v) is 9.63. The number of rotatable bonds is 2. The second-order valence-corrected chi connectivity index (χ2v) is 5.47. The lowest BCUT2D eigenvalue weighted by Gasteiger charge is -2.40. The van der Waals surface area contributed by atoms with Crippen LogP contribution in [0.2, 0.25) is 0 Å². The first-order chi connectivity index (χ1) is 7.01. The maximum Gasteiger partial charge on any atom is 0.176 e. The van der Waals surface area contributed by atoms with Crippen molar-refractivity contribution in [2.24, 2.45) is 11.3 Å². The third-order valence-corrected chi connectivity index (χ3v) is 5.13. The fraction of sp³-hybridized carbons (Fsp3) is 0.917. The molecule has 1 saturated heterocycles. The van der Waals surface area contributed by atoms with E-state index < -0.39 is 5.60 Å². The number of carbonyl (C=O) groups is 1. The smallest absolute Gasteiger partial charge is 0.176 e. The first-order valence-electron chi connectivity index (χ1n) is 5.84. The molecular formula is C12H18O3. The highest BCUT2D eigenvalue weighted by molar-refractivity contribution is 5.99. The molecule has 3 nitrogen and oxygen atoms in total.